The number of hydrogen-bond acceptors (Lipinski definition) is 5. The van der Waals surface area contributed by atoms with Crippen LogP contribution in [0.25, 0.3) is 0 Å². The van der Waals surface area contributed by atoms with E-state index in [1.165, 1.54) is 13.2 Å². The molecule has 20 heavy (non-hydrogen) atoms. The van der Waals surface area contributed by atoms with E-state index in [-0.39, 0.29) is 22.8 Å². The molecule has 1 aromatic carbocycles. The van der Waals surface area contributed by atoms with Crippen molar-refractivity contribution < 1.29 is 18.4 Å². The van der Waals surface area contributed by atoms with E-state index in [1.54, 1.807) is 12.1 Å². The van der Waals surface area contributed by atoms with Crippen LogP contribution in [0, 0.1) is 0 Å². The monoisotopic (exact) mass is 302 g/mol. The minimum Gasteiger partial charge on any atom is -0.495 e. The van der Waals surface area contributed by atoms with Crippen LogP contribution in [0.3, 0.4) is 0 Å². The number of nitrogens with one attached hydrogen (secondary N) is 2. The molecule has 0 bridgehead atoms. The summed E-state index contributed by atoms with van der Waals surface area (Å²) in [5.41, 5.74) is 5.85. The van der Waals surface area contributed by atoms with Gasteiger partial charge >= 0.3 is 0 Å². The van der Waals surface area contributed by atoms with Gasteiger partial charge in [0.2, 0.25) is 0 Å². The molecule has 0 heterocycles. The summed E-state index contributed by atoms with van der Waals surface area (Å²) in [6.45, 7) is 2.14. The van der Waals surface area contributed by atoms with Gasteiger partial charge in [-0.3, -0.25) is 4.72 Å². The number of methoxy groups -OCH3 is 1. The average molecular weight is 302 g/mol. The summed E-state index contributed by atoms with van der Waals surface area (Å²) >= 11 is 0. The third kappa shape index (κ3) is 4.00. The van der Waals surface area contributed by atoms with Crippen molar-refractivity contribution in [1.29, 1.82) is 0 Å². The number of rotatable bonds is 7. The minimum absolute atomic E-state index is 0.105. The van der Waals surface area contributed by atoms with Gasteiger partial charge < -0.3 is 15.7 Å². The molecule has 0 aliphatic rings. The van der Waals surface area contributed by atoms with E-state index in [2.05, 4.69) is 14.6 Å². The molecular weight excluding hydrogens is 284 g/mol. The van der Waals surface area contributed by atoms with Crippen molar-refractivity contribution in [3.63, 3.8) is 0 Å². The topological polar surface area (TPSA) is 126 Å². The molecule has 0 atom stereocenters. The smallest absolute Gasteiger partial charge is 0.299 e. The quantitative estimate of drug-likeness (QED) is 0.252. The molecule has 1 rings (SSSR count). The molecule has 0 radical (unpaired) electrons. The first kappa shape index (κ1) is 16.1. The molecule has 0 aliphatic heterocycles. The second kappa shape index (κ2) is 6.96. The van der Waals surface area contributed by atoms with Gasteiger partial charge in [0.1, 0.15) is 11.4 Å². The van der Waals surface area contributed by atoms with Gasteiger partial charge in [-0.25, -0.2) is 0 Å². The van der Waals surface area contributed by atoms with Crippen molar-refractivity contribution in [2.45, 2.75) is 13.3 Å². The van der Waals surface area contributed by atoms with Crippen molar-refractivity contribution in [1.82, 2.24) is 4.72 Å². The van der Waals surface area contributed by atoms with E-state index in [1.807, 2.05) is 6.92 Å². The van der Waals surface area contributed by atoms with Gasteiger partial charge in [-0.1, -0.05) is 18.1 Å². The van der Waals surface area contributed by atoms with Gasteiger partial charge in [-0.05, 0) is 18.6 Å². The zero-order valence-electron chi connectivity index (χ0n) is 11.3. The van der Waals surface area contributed by atoms with E-state index >= 15 is 0 Å². The maximum Gasteiger partial charge on any atom is 0.299 e. The van der Waals surface area contributed by atoms with Crippen LogP contribution in [0.15, 0.2) is 23.4 Å². The molecule has 0 unspecified atom stereocenters. The van der Waals surface area contributed by atoms with Gasteiger partial charge in [-0.2, -0.15) is 13.1 Å². The van der Waals surface area contributed by atoms with E-state index in [0.29, 0.717) is 13.0 Å². The Kier molecular flexibility index (Phi) is 5.59. The number of nitrogens with two attached hydrogens (primary N) is 1. The average Bonchev–Trinajstić information content (AvgIpc) is 2.44. The van der Waals surface area contributed by atoms with E-state index in [9.17, 15) is 8.42 Å². The fourth-order valence-electron chi connectivity index (χ4n) is 1.48. The Labute approximate surface area is 117 Å². The lowest BCUT2D eigenvalue weighted by molar-refractivity contribution is 0.318. The molecule has 9 heteroatoms. The Morgan fingerprint density at radius 3 is 2.75 bits per heavy atom. The van der Waals surface area contributed by atoms with Crippen LogP contribution in [0.1, 0.15) is 18.9 Å². The number of para-hydroxylation sites is 1. The lowest BCUT2D eigenvalue weighted by Gasteiger charge is -2.15. The number of nitrogens with zero attached hydrogens (tertiary/aromatic N) is 1. The third-order valence-corrected chi connectivity index (χ3v) is 3.47. The van der Waals surface area contributed by atoms with Crippen LogP contribution in [0.5, 0.6) is 5.75 Å². The lowest BCUT2D eigenvalue weighted by atomic mass is 10.1. The summed E-state index contributed by atoms with van der Waals surface area (Å²) < 4.78 is 33.5. The molecule has 1 aromatic rings. The highest BCUT2D eigenvalue weighted by atomic mass is 32.2. The van der Waals surface area contributed by atoms with E-state index < -0.39 is 10.2 Å². The molecular formula is C11H18N4O4S. The van der Waals surface area contributed by atoms with Gasteiger partial charge in [0, 0.05) is 12.1 Å². The van der Waals surface area contributed by atoms with Crippen LogP contribution in [0.2, 0.25) is 0 Å². The second-order valence-corrected chi connectivity index (χ2v) is 5.37. The number of amidine groups is 1. The normalized spacial score (nSPS) is 12.2. The fraction of sp³-hybridized carbons (Fsp3) is 0.364. The summed E-state index contributed by atoms with van der Waals surface area (Å²) in [5, 5.41) is 11.6. The van der Waals surface area contributed by atoms with Gasteiger partial charge in [0.15, 0.2) is 5.84 Å². The maximum absolute atomic E-state index is 11.9. The molecule has 5 N–H and O–H groups in total. The Morgan fingerprint density at radius 2 is 2.20 bits per heavy atom. The SMILES string of the molecule is CCCNS(=O)(=O)Nc1c(OC)cccc1/C(N)=N/O. The molecule has 8 nitrogen and oxygen atoms in total. The molecule has 0 aliphatic carbocycles. The van der Waals surface area contributed by atoms with Crippen molar-refractivity contribution in [3.8, 4) is 5.75 Å². The Bertz CT molecular complexity index is 586. The zero-order chi connectivity index (χ0) is 15.2. The highest BCUT2D eigenvalue weighted by molar-refractivity contribution is 7.90. The largest absolute Gasteiger partial charge is 0.495 e. The predicted octanol–water partition coefficient (Wildman–Crippen LogP) is 0.446. The Morgan fingerprint density at radius 1 is 1.50 bits per heavy atom. The number of hydrogen-bond donors (Lipinski definition) is 4. The number of oxime groups is 1. The van der Waals surface area contributed by atoms with E-state index in [0.717, 1.165) is 0 Å². The number of anilines is 1. The van der Waals surface area contributed by atoms with Crippen molar-refractivity contribution in [2.75, 3.05) is 18.4 Å². The highest BCUT2D eigenvalue weighted by Gasteiger charge is 2.18. The van der Waals surface area contributed by atoms with Gasteiger partial charge in [0.05, 0.1) is 7.11 Å². The van der Waals surface area contributed by atoms with Crippen LogP contribution in [-0.4, -0.2) is 33.1 Å². The van der Waals surface area contributed by atoms with E-state index in [4.69, 9.17) is 15.7 Å². The van der Waals surface area contributed by atoms with Crippen LogP contribution in [0.4, 0.5) is 5.69 Å². The van der Waals surface area contributed by atoms with Crippen LogP contribution >= 0.6 is 0 Å². The summed E-state index contributed by atoms with van der Waals surface area (Å²) in [7, 11) is -2.37. The summed E-state index contributed by atoms with van der Waals surface area (Å²) in [6.07, 6.45) is 0.653. The highest BCUT2D eigenvalue weighted by Crippen LogP contribution is 2.28. The lowest BCUT2D eigenvalue weighted by Crippen LogP contribution is -2.31. The number of benzene rings is 1. The molecule has 0 fully saturated rings. The maximum atomic E-state index is 11.9. The van der Waals surface area contributed by atoms with Crippen LogP contribution < -0.4 is 19.9 Å². The molecule has 0 amide bonds. The standard InChI is InChI=1S/C11H18N4O4S/c1-3-7-13-20(17,18)15-10-8(11(12)14-16)5-4-6-9(10)19-2/h4-6,13,15-16H,3,7H2,1-2H3,(H2,12,14). The Hall–Kier alpha value is -2.00. The van der Waals surface area contributed by atoms with Crippen molar-refractivity contribution in [2.24, 2.45) is 10.9 Å². The molecule has 0 saturated heterocycles. The summed E-state index contributed by atoms with van der Waals surface area (Å²) in [6, 6.07) is 4.67. The first-order chi connectivity index (χ1) is 9.45. The van der Waals surface area contributed by atoms with Crippen LogP contribution in [-0.2, 0) is 10.2 Å². The number of ether oxygens (including phenoxy) is 1. The fourth-order valence-corrected chi connectivity index (χ4v) is 2.51. The molecule has 0 aromatic heterocycles. The van der Waals surface area contributed by atoms with Crippen molar-refractivity contribution >= 4 is 21.7 Å². The van der Waals surface area contributed by atoms with Gasteiger partial charge in [0.25, 0.3) is 10.2 Å². The predicted molar refractivity (Wildman–Crippen MR) is 76.3 cm³/mol. The van der Waals surface area contributed by atoms with Crippen molar-refractivity contribution in [3.05, 3.63) is 23.8 Å². The third-order valence-electron chi connectivity index (χ3n) is 2.41. The second-order valence-electron chi connectivity index (χ2n) is 3.87. The zero-order valence-corrected chi connectivity index (χ0v) is 12.1. The molecule has 0 spiro atoms. The van der Waals surface area contributed by atoms with Gasteiger partial charge in [-0.15, -0.1) is 0 Å². The first-order valence-corrected chi connectivity index (χ1v) is 7.35. The summed E-state index contributed by atoms with van der Waals surface area (Å²) in [5.74, 6) is 0.0352. The summed E-state index contributed by atoms with van der Waals surface area (Å²) in [4.78, 5) is 0. The first-order valence-electron chi connectivity index (χ1n) is 5.87. The Balaban J connectivity index is 3.21. The molecule has 0 saturated carbocycles. The molecule has 112 valence electrons. The minimum atomic E-state index is -3.77.